The van der Waals surface area contributed by atoms with Crippen molar-refractivity contribution in [2.24, 2.45) is 0 Å². The fourth-order valence-corrected chi connectivity index (χ4v) is 7.75. The fraction of sp³-hybridized carbons (Fsp3) is 0.500. The number of aromatic hydroxyl groups is 4. The summed E-state index contributed by atoms with van der Waals surface area (Å²) in [6.45, 7) is 10.6. The van der Waals surface area contributed by atoms with Crippen molar-refractivity contribution in [1.82, 2.24) is 9.13 Å². The van der Waals surface area contributed by atoms with Crippen molar-refractivity contribution in [2.75, 3.05) is 26.4 Å². The highest BCUT2D eigenvalue weighted by Crippen LogP contribution is 2.62. The molecule has 4 bridgehead atoms. The number of aromatic nitrogens is 2. The van der Waals surface area contributed by atoms with Crippen LogP contribution in [0.4, 0.5) is 0 Å². The molecule has 4 aliphatic carbocycles. The van der Waals surface area contributed by atoms with E-state index < -0.39 is 0 Å². The first-order chi connectivity index (χ1) is 19.4. The maximum atomic E-state index is 10.9. The third kappa shape index (κ3) is 3.95. The van der Waals surface area contributed by atoms with Crippen LogP contribution >= 0.6 is 0 Å². The van der Waals surface area contributed by atoms with Gasteiger partial charge in [0.1, 0.15) is 0 Å². The van der Waals surface area contributed by atoms with Crippen LogP contribution in [0.25, 0.3) is 0 Å². The molecule has 0 aliphatic heterocycles. The van der Waals surface area contributed by atoms with Crippen molar-refractivity contribution in [2.45, 2.75) is 74.3 Å². The van der Waals surface area contributed by atoms with Gasteiger partial charge in [-0.15, -0.1) is 13.2 Å². The topological polar surface area (TPSA) is 109 Å². The highest BCUT2D eigenvalue weighted by Gasteiger charge is 2.51. The summed E-state index contributed by atoms with van der Waals surface area (Å²) in [5.74, 6) is 0.969. The second-order valence-electron chi connectivity index (χ2n) is 11.7. The number of ether oxygens (including phenoxy) is 2. The number of fused-ring (bicyclic) bond motifs is 10. The number of rotatable bonds is 15. The van der Waals surface area contributed by atoms with E-state index in [1.807, 2.05) is 12.2 Å². The third-order valence-corrected chi connectivity index (χ3v) is 9.42. The molecular weight excluding hydrogens is 508 g/mol. The van der Waals surface area contributed by atoms with E-state index in [4.69, 9.17) is 9.47 Å². The Hall–Kier alpha value is -3.36. The van der Waals surface area contributed by atoms with Gasteiger partial charge in [-0.25, -0.2) is 0 Å². The smallest absolute Gasteiger partial charge is 0.198 e. The summed E-state index contributed by atoms with van der Waals surface area (Å²) < 4.78 is 14.6. The largest absolute Gasteiger partial charge is 0.494 e. The molecule has 4 atom stereocenters. The van der Waals surface area contributed by atoms with Gasteiger partial charge in [0, 0.05) is 71.2 Å². The predicted molar refractivity (Wildman–Crippen MR) is 152 cm³/mol. The molecule has 4 N–H and O–H groups in total. The van der Waals surface area contributed by atoms with Gasteiger partial charge in [0.25, 0.3) is 0 Å². The maximum Gasteiger partial charge on any atom is 0.198 e. The number of allylic oxidation sites excluding steroid dienone is 6. The van der Waals surface area contributed by atoms with Gasteiger partial charge >= 0.3 is 0 Å². The van der Waals surface area contributed by atoms with Crippen molar-refractivity contribution in [3.8, 4) is 23.5 Å². The zero-order valence-corrected chi connectivity index (χ0v) is 23.0. The van der Waals surface area contributed by atoms with Crippen molar-refractivity contribution >= 4 is 0 Å². The van der Waals surface area contributed by atoms with Gasteiger partial charge in [0.05, 0.1) is 13.2 Å². The number of hydrogen-bond donors (Lipinski definition) is 4. The Morgan fingerprint density at radius 1 is 0.700 bits per heavy atom. The van der Waals surface area contributed by atoms with E-state index in [2.05, 4.69) is 37.5 Å². The van der Waals surface area contributed by atoms with E-state index in [0.29, 0.717) is 52.4 Å². The Morgan fingerprint density at radius 3 is 1.52 bits per heavy atom. The fourth-order valence-electron chi connectivity index (χ4n) is 7.75. The summed E-state index contributed by atoms with van der Waals surface area (Å²) in [6, 6.07) is 0. The molecule has 0 amide bonds. The van der Waals surface area contributed by atoms with Gasteiger partial charge < -0.3 is 29.9 Å². The average molecular weight is 549 g/mol. The molecule has 214 valence electrons. The van der Waals surface area contributed by atoms with E-state index >= 15 is 0 Å². The van der Waals surface area contributed by atoms with Crippen LogP contribution in [-0.2, 0) is 33.4 Å². The summed E-state index contributed by atoms with van der Waals surface area (Å²) in [4.78, 5) is 0. The Morgan fingerprint density at radius 2 is 1.12 bits per heavy atom. The SMILES string of the molecule is C=CCC12C=CC(C1)c1c2c(O)n(CCCOCCOCCCn2c(O)c3c(c2O)C2(CC=C)C=CC3C2)c1O. The van der Waals surface area contributed by atoms with Crippen molar-refractivity contribution in [3.05, 3.63) is 71.9 Å². The molecule has 2 aromatic heterocycles. The lowest BCUT2D eigenvalue weighted by Gasteiger charge is -2.23. The molecule has 4 aliphatic rings. The molecule has 40 heavy (non-hydrogen) atoms. The van der Waals surface area contributed by atoms with Gasteiger partial charge in [-0.05, 0) is 38.5 Å². The molecule has 8 heteroatoms. The van der Waals surface area contributed by atoms with E-state index in [1.165, 1.54) is 0 Å². The molecule has 4 unspecified atom stereocenters. The van der Waals surface area contributed by atoms with E-state index in [0.717, 1.165) is 47.9 Å². The van der Waals surface area contributed by atoms with Crippen LogP contribution in [0.5, 0.6) is 23.5 Å². The van der Waals surface area contributed by atoms with Crippen LogP contribution in [0.2, 0.25) is 0 Å². The average Bonchev–Trinajstić information content (AvgIpc) is 3.75. The molecule has 0 saturated heterocycles. The van der Waals surface area contributed by atoms with Gasteiger partial charge in [0.15, 0.2) is 23.5 Å². The summed E-state index contributed by atoms with van der Waals surface area (Å²) in [5.41, 5.74) is 2.96. The summed E-state index contributed by atoms with van der Waals surface area (Å²) >= 11 is 0. The standard InChI is InChI=1S/C32H40N2O6/c1-3-9-31-11-7-21(19-31)23-25(31)29(37)33(27(23)35)13-5-15-39-17-18-40-16-6-14-34-28(36)24-22-8-12-32(20-22,10-4-2)26(24)30(34)38/h3-4,7-8,11-12,21-22,35-38H,1-2,5-6,9-10,13-20H2. The van der Waals surface area contributed by atoms with Crippen LogP contribution in [-0.4, -0.2) is 56.0 Å². The lowest BCUT2D eigenvalue weighted by Crippen LogP contribution is -2.17. The minimum atomic E-state index is -0.244. The molecule has 2 heterocycles. The minimum Gasteiger partial charge on any atom is -0.494 e. The van der Waals surface area contributed by atoms with Crippen LogP contribution in [0.1, 0.15) is 72.6 Å². The zero-order valence-electron chi connectivity index (χ0n) is 23.0. The second-order valence-corrected chi connectivity index (χ2v) is 11.7. The van der Waals surface area contributed by atoms with Gasteiger partial charge in [-0.1, -0.05) is 36.5 Å². The Kier molecular flexibility index (Phi) is 6.87. The van der Waals surface area contributed by atoms with Crippen LogP contribution in [0.3, 0.4) is 0 Å². The van der Waals surface area contributed by atoms with E-state index in [1.54, 1.807) is 9.13 Å². The van der Waals surface area contributed by atoms with Crippen molar-refractivity contribution in [3.63, 3.8) is 0 Å². The lowest BCUT2D eigenvalue weighted by atomic mass is 9.81. The first-order valence-corrected chi connectivity index (χ1v) is 14.4. The van der Waals surface area contributed by atoms with Crippen LogP contribution in [0, 0.1) is 0 Å². The monoisotopic (exact) mass is 548 g/mol. The first kappa shape index (κ1) is 26.8. The second kappa shape index (κ2) is 10.2. The van der Waals surface area contributed by atoms with Crippen molar-refractivity contribution in [1.29, 1.82) is 0 Å². The normalized spacial score (nSPS) is 26.6. The Balaban J connectivity index is 0.911. The first-order valence-electron chi connectivity index (χ1n) is 14.4. The van der Waals surface area contributed by atoms with Crippen LogP contribution < -0.4 is 0 Å². The molecule has 6 rings (SSSR count). The number of hydrogen-bond acceptors (Lipinski definition) is 6. The van der Waals surface area contributed by atoms with Crippen LogP contribution in [0.15, 0.2) is 49.6 Å². The molecule has 0 aromatic carbocycles. The summed E-state index contributed by atoms with van der Waals surface area (Å²) in [6.07, 6.45) is 16.9. The summed E-state index contributed by atoms with van der Waals surface area (Å²) in [7, 11) is 0. The van der Waals surface area contributed by atoms with Gasteiger partial charge in [-0.2, -0.15) is 0 Å². The zero-order chi connectivity index (χ0) is 28.1. The Bertz CT molecular complexity index is 1280. The van der Waals surface area contributed by atoms with Gasteiger partial charge in [-0.3, -0.25) is 9.13 Å². The maximum absolute atomic E-state index is 10.9. The van der Waals surface area contributed by atoms with Gasteiger partial charge in [0.2, 0.25) is 0 Å². The third-order valence-electron chi connectivity index (χ3n) is 9.42. The summed E-state index contributed by atoms with van der Waals surface area (Å²) in [5, 5.41) is 43.5. The molecule has 2 aromatic rings. The molecular formula is C32H40N2O6. The van der Waals surface area contributed by atoms with Crippen molar-refractivity contribution < 1.29 is 29.9 Å². The molecule has 8 nitrogen and oxygen atoms in total. The number of nitrogens with zero attached hydrogens (tertiary/aromatic N) is 2. The Labute approximate surface area is 235 Å². The predicted octanol–water partition coefficient (Wildman–Crippen LogP) is 5.37. The lowest BCUT2D eigenvalue weighted by molar-refractivity contribution is 0.0435. The van der Waals surface area contributed by atoms with E-state index in [-0.39, 0.29) is 46.2 Å². The molecule has 0 fully saturated rings. The highest BCUT2D eigenvalue weighted by molar-refractivity contribution is 5.63. The minimum absolute atomic E-state index is 0.155. The quantitative estimate of drug-likeness (QED) is 0.176. The van der Waals surface area contributed by atoms with E-state index in [9.17, 15) is 20.4 Å². The molecule has 0 radical (unpaired) electrons. The molecule has 0 spiro atoms. The highest BCUT2D eigenvalue weighted by atomic mass is 16.5. The molecule has 0 saturated carbocycles.